The molecule has 0 aromatic heterocycles. The summed E-state index contributed by atoms with van der Waals surface area (Å²) in [5.74, 6) is 0.927. The summed E-state index contributed by atoms with van der Waals surface area (Å²) in [6.45, 7) is 16.5. The molecule has 2 aromatic carbocycles. The molecule has 2 aromatic rings. The molecule has 0 radical (unpaired) electrons. The first kappa shape index (κ1) is 40.8. The van der Waals surface area contributed by atoms with Crippen LogP contribution in [-0.2, 0) is 42.7 Å². The van der Waals surface area contributed by atoms with Crippen LogP contribution in [0.1, 0.15) is 73.1 Å². The molecule has 0 amide bonds. The van der Waals surface area contributed by atoms with E-state index in [0.717, 1.165) is 16.7 Å². The van der Waals surface area contributed by atoms with Gasteiger partial charge in [-0.25, -0.2) is 26.3 Å². The number of hydrogen-bond donors (Lipinski definition) is 2. The quantitative estimate of drug-likeness (QED) is 0.233. The van der Waals surface area contributed by atoms with Gasteiger partial charge < -0.3 is 9.47 Å². The third-order valence-electron chi connectivity index (χ3n) is 4.94. The first-order valence-corrected chi connectivity index (χ1v) is 16.5. The highest BCUT2D eigenvalue weighted by atomic mass is 79.9. The third kappa shape index (κ3) is 14.5. The highest BCUT2D eigenvalue weighted by Crippen LogP contribution is 2.23. The van der Waals surface area contributed by atoms with Crippen molar-refractivity contribution in [3.8, 4) is 0 Å². The Bertz CT molecular complexity index is 1120. The van der Waals surface area contributed by atoms with Gasteiger partial charge >= 0.3 is 0 Å². The zero-order chi connectivity index (χ0) is 28.9. The zero-order valence-electron chi connectivity index (χ0n) is 23.5. The summed E-state index contributed by atoms with van der Waals surface area (Å²) in [6.07, 6.45) is 0. The predicted molar refractivity (Wildman–Crippen MR) is 169 cm³/mol. The van der Waals surface area contributed by atoms with Gasteiger partial charge in [0.05, 0.1) is 23.0 Å². The topological polar surface area (TPSA) is 111 Å². The van der Waals surface area contributed by atoms with Crippen LogP contribution < -0.4 is 9.44 Å². The number of aryl methyl sites for hydroxylation is 1. The van der Waals surface area contributed by atoms with Crippen LogP contribution in [0.4, 0.5) is 0 Å². The Morgan fingerprint density at radius 3 is 1.55 bits per heavy atom. The molecule has 0 aliphatic rings. The van der Waals surface area contributed by atoms with E-state index in [4.69, 9.17) is 9.47 Å². The van der Waals surface area contributed by atoms with Gasteiger partial charge in [0.15, 0.2) is 0 Å². The Hall–Kier alpha value is -1.34. The molecule has 0 aliphatic carbocycles. The minimum Gasteiger partial charge on any atom is -0.377 e. The molecular weight excluding hydrogens is 616 g/mol. The van der Waals surface area contributed by atoms with Crippen LogP contribution in [-0.4, -0.2) is 43.1 Å². The Morgan fingerprint density at radius 1 is 0.725 bits per heavy atom. The summed E-state index contributed by atoms with van der Waals surface area (Å²) in [5.41, 5.74) is 2.47. The maximum absolute atomic E-state index is 12.0. The minimum atomic E-state index is -3.46. The standard InChI is InChI=1S/C14H23NO3S.C13H20BrNO3S.2CH4/c1-5-15-19(16,17)14-8-13(7-6-12(14)4)10-18-9-11(2)3;1-4-15-19(16,17)13-7-11(5-6-12(13)14)9-18-8-10(2)3;;/h6-8,11,15H,5,9-10H2,1-4H3;5-7,10,15H,4,8-9H2,1-3H3;2*1H4. The molecule has 11 heteroatoms. The molecule has 0 fully saturated rings. The van der Waals surface area contributed by atoms with E-state index in [2.05, 4.69) is 53.1 Å². The molecule has 0 saturated heterocycles. The van der Waals surface area contributed by atoms with Crippen LogP contribution in [0.2, 0.25) is 0 Å². The first-order valence-electron chi connectivity index (χ1n) is 12.8. The SMILES string of the molecule is C.C.CCNS(=O)(=O)c1cc(COCC(C)C)ccc1Br.CCNS(=O)(=O)c1cc(COCC(C)C)ccc1C. The summed E-state index contributed by atoms with van der Waals surface area (Å²) in [6, 6.07) is 10.6. The Labute approximate surface area is 252 Å². The fourth-order valence-corrected chi connectivity index (χ4v) is 6.61. The molecule has 2 rings (SSSR count). The summed E-state index contributed by atoms with van der Waals surface area (Å²) in [7, 11) is -6.87. The number of hydrogen-bond acceptors (Lipinski definition) is 6. The van der Waals surface area contributed by atoms with Crippen LogP contribution >= 0.6 is 15.9 Å². The van der Waals surface area contributed by atoms with E-state index in [1.807, 2.05) is 18.2 Å². The summed E-state index contributed by atoms with van der Waals surface area (Å²) >= 11 is 3.27. The Morgan fingerprint density at radius 2 is 1.12 bits per heavy atom. The zero-order valence-corrected chi connectivity index (χ0v) is 26.7. The Kier molecular flexibility index (Phi) is 20.1. The molecular formula is C29H51BrN2O6S2. The van der Waals surface area contributed by atoms with Crippen LogP contribution in [0.5, 0.6) is 0 Å². The number of benzene rings is 2. The van der Waals surface area contributed by atoms with Gasteiger partial charge in [-0.05, 0) is 69.6 Å². The van der Waals surface area contributed by atoms with Gasteiger partial charge in [-0.1, -0.05) is 74.6 Å². The second-order valence-corrected chi connectivity index (χ2v) is 14.0. The molecule has 0 heterocycles. The second-order valence-electron chi connectivity index (χ2n) is 9.69. The number of rotatable bonds is 14. The van der Waals surface area contributed by atoms with Crippen molar-refractivity contribution in [1.29, 1.82) is 0 Å². The van der Waals surface area contributed by atoms with Crippen LogP contribution in [0, 0.1) is 18.8 Å². The molecule has 8 nitrogen and oxygen atoms in total. The highest BCUT2D eigenvalue weighted by Gasteiger charge is 2.17. The van der Waals surface area contributed by atoms with Crippen molar-refractivity contribution in [2.75, 3.05) is 26.3 Å². The van der Waals surface area contributed by atoms with Gasteiger partial charge in [-0.15, -0.1) is 0 Å². The van der Waals surface area contributed by atoms with E-state index in [-0.39, 0.29) is 19.7 Å². The van der Waals surface area contributed by atoms with E-state index < -0.39 is 20.0 Å². The molecule has 0 saturated carbocycles. The van der Waals surface area contributed by atoms with E-state index in [1.54, 1.807) is 39.0 Å². The molecule has 0 unspecified atom stereocenters. The average molecular weight is 668 g/mol. The van der Waals surface area contributed by atoms with Crippen molar-refractivity contribution in [2.24, 2.45) is 11.8 Å². The molecule has 0 atom stereocenters. The maximum Gasteiger partial charge on any atom is 0.241 e. The third-order valence-corrected chi connectivity index (χ3v) is 9.16. The minimum absolute atomic E-state index is 0. The van der Waals surface area contributed by atoms with Crippen LogP contribution in [0.15, 0.2) is 50.7 Å². The van der Waals surface area contributed by atoms with Gasteiger partial charge in [0.25, 0.3) is 0 Å². The molecule has 2 N–H and O–H groups in total. The summed E-state index contributed by atoms with van der Waals surface area (Å²) < 4.78 is 64.7. The normalized spacial score (nSPS) is 11.4. The molecule has 0 aliphatic heterocycles. The number of halogens is 1. The van der Waals surface area contributed by atoms with Crippen molar-refractivity contribution in [1.82, 2.24) is 9.44 Å². The van der Waals surface area contributed by atoms with Crippen molar-refractivity contribution in [2.45, 2.75) is 86.3 Å². The van der Waals surface area contributed by atoms with E-state index in [9.17, 15) is 16.8 Å². The van der Waals surface area contributed by atoms with Gasteiger partial charge in [0.1, 0.15) is 0 Å². The van der Waals surface area contributed by atoms with Crippen LogP contribution in [0.3, 0.4) is 0 Å². The van der Waals surface area contributed by atoms with Crippen molar-refractivity contribution in [3.05, 3.63) is 57.6 Å². The molecule has 232 valence electrons. The molecule has 0 bridgehead atoms. The average Bonchev–Trinajstić information content (AvgIpc) is 2.81. The highest BCUT2D eigenvalue weighted by molar-refractivity contribution is 9.10. The summed E-state index contributed by atoms with van der Waals surface area (Å²) in [5, 5.41) is 0. The molecule has 40 heavy (non-hydrogen) atoms. The maximum atomic E-state index is 12.0. The van der Waals surface area contributed by atoms with Gasteiger partial charge in [0, 0.05) is 30.8 Å². The fraction of sp³-hybridized carbons (Fsp3) is 0.586. The number of nitrogens with one attached hydrogen (secondary N) is 2. The van der Waals surface area contributed by atoms with Crippen LogP contribution in [0.25, 0.3) is 0 Å². The van der Waals surface area contributed by atoms with E-state index >= 15 is 0 Å². The lowest BCUT2D eigenvalue weighted by atomic mass is 10.1. The van der Waals surface area contributed by atoms with E-state index in [1.165, 1.54) is 0 Å². The van der Waals surface area contributed by atoms with Gasteiger partial charge in [0.2, 0.25) is 20.0 Å². The number of ether oxygens (including phenoxy) is 2. The van der Waals surface area contributed by atoms with Crippen molar-refractivity contribution in [3.63, 3.8) is 0 Å². The van der Waals surface area contributed by atoms with Crippen molar-refractivity contribution >= 4 is 36.0 Å². The lowest BCUT2D eigenvalue weighted by Gasteiger charge is -2.11. The lowest BCUT2D eigenvalue weighted by Crippen LogP contribution is -2.24. The van der Waals surface area contributed by atoms with Gasteiger partial charge in [-0.3, -0.25) is 0 Å². The van der Waals surface area contributed by atoms with Crippen molar-refractivity contribution < 1.29 is 26.3 Å². The lowest BCUT2D eigenvalue weighted by molar-refractivity contribution is 0.0969. The predicted octanol–water partition coefficient (Wildman–Crippen LogP) is 6.66. The van der Waals surface area contributed by atoms with E-state index in [0.29, 0.717) is 60.7 Å². The van der Waals surface area contributed by atoms with Gasteiger partial charge in [-0.2, -0.15) is 0 Å². The second kappa shape index (κ2) is 19.7. The fourth-order valence-electron chi connectivity index (χ4n) is 3.23. The smallest absolute Gasteiger partial charge is 0.241 e. The molecule has 0 spiro atoms. The first-order chi connectivity index (χ1) is 17.7. The Balaban J connectivity index is 0. The monoisotopic (exact) mass is 666 g/mol. The number of sulfonamides is 2. The largest absolute Gasteiger partial charge is 0.377 e. The summed E-state index contributed by atoms with van der Waals surface area (Å²) in [4.78, 5) is 0.583.